The zero-order chi connectivity index (χ0) is 7.98. The SMILES string of the molecule is C/C=C/C(O)CNC(C)=O. The summed E-state index contributed by atoms with van der Waals surface area (Å²) in [7, 11) is 0. The van der Waals surface area contributed by atoms with E-state index in [1.54, 1.807) is 12.2 Å². The van der Waals surface area contributed by atoms with Gasteiger partial charge in [-0.15, -0.1) is 0 Å². The molecule has 0 aliphatic heterocycles. The second kappa shape index (κ2) is 4.99. The van der Waals surface area contributed by atoms with Crippen molar-refractivity contribution in [2.24, 2.45) is 0 Å². The molecule has 1 amide bonds. The highest BCUT2D eigenvalue weighted by molar-refractivity contribution is 5.72. The van der Waals surface area contributed by atoms with E-state index in [1.165, 1.54) is 6.92 Å². The Morgan fingerprint density at radius 3 is 2.80 bits per heavy atom. The fourth-order valence-corrected chi connectivity index (χ4v) is 0.538. The zero-order valence-electron chi connectivity index (χ0n) is 6.29. The molecule has 0 aliphatic rings. The van der Waals surface area contributed by atoms with Crippen LogP contribution in [-0.2, 0) is 4.79 Å². The van der Waals surface area contributed by atoms with E-state index < -0.39 is 6.10 Å². The molecule has 3 nitrogen and oxygen atoms in total. The van der Waals surface area contributed by atoms with Crippen molar-refractivity contribution < 1.29 is 9.90 Å². The molecule has 0 fully saturated rings. The molecular weight excluding hydrogens is 130 g/mol. The predicted molar refractivity (Wildman–Crippen MR) is 39.5 cm³/mol. The van der Waals surface area contributed by atoms with Gasteiger partial charge in [-0.05, 0) is 6.92 Å². The molecule has 0 bridgehead atoms. The molecule has 0 radical (unpaired) electrons. The Bertz CT molecular complexity index is 132. The van der Waals surface area contributed by atoms with E-state index in [1.807, 2.05) is 6.92 Å². The maximum Gasteiger partial charge on any atom is 0.216 e. The Balaban J connectivity index is 3.39. The standard InChI is InChI=1S/C7H13NO2/c1-3-4-7(10)5-8-6(2)9/h3-4,7,10H,5H2,1-2H3,(H,8,9)/b4-3+. The first kappa shape index (κ1) is 9.17. The summed E-state index contributed by atoms with van der Waals surface area (Å²) < 4.78 is 0. The molecule has 1 unspecified atom stereocenters. The maximum absolute atomic E-state index is 10.3. The molecule has 0 aromatic carbocycles. The number of amides is 1. The van der Waals surface area contributed by atoms with Gasteiger partial charge in [0.2, 0.25) is 5.91 Å². The molecule has 3 heteroatoms. The second-order valence-electron chi connectivity index (χ2n) is 2.03. The van der Waals surface area contributed by atoms with Crippen LogP contribution in [0.1, 0.15) is 13.8 Å². The monoisotopic (exact) mass is 143 g/mol. The van der Waals surface area contributed by atoms with Crippen molar-refractivity contribution in [1.82, 2.24) is 5.32 Å². The number of hydrogen-bond donors (Lipinski definition) is 2. The number of aliphatic hydroxyl groups excluding tert-OH is 1. The molecule has 0 rings (SSSR count). The Labute approximate surface area is 60.7 Å². The van der Waals surface area contributed by atoms with E-state index in [-0.39, 0.29) is 5.91 Å². The Morgan fingerprint density at radius 2 is 2.40 bits per heavy atom. The summed E-state index contributed by atoms with van der Waals surface area (Å²) in [6, 6.07) is 0. The van der Waals surface area contributed by atoms with Crippen molar-refractivity contribution in [1.29, 1.82) is 0 Å². The van der Waals surface area contributed by atoms with Crippen molar-refractivity contribution in [3.8, 4) is 0 Å². The third-order valence-electron chi connectivity index (χ3n) is 0.975. The molecule has 0 saturated heterocycles. The van der Waals surface area contributed by atoms with Gasteiger partial charge in [0, 0.05) is 13.5 Å². The average molecular weight is 143 g/mol. The largest absolute Gasteiger partial charge is 0.387 e. The van der Waals surface area contributed by atoms with E-state index in [0.29, 0.717) is 6.54 Å². The number of aliphatic hydroxyl groups is 1. The van der Waals surface area contributed by atoms with Gasteiger partial charge in [-0.3, -0.25) is 4.79 Å². The van der Waals surface area contributed by atoms with E-state index in [4.69, 9.17) is 5.11 Å². The summed E-state index contributed by atoms with van der Waals surface area (Å²) in [4.78, 5) is 10.3. The normalized spacial score (nSPS) is 13.5. The highest BCUT2D eigenvalue weighted by Crippen LogP contribution is 1.82. The number of carbonyl (C=O) groups excluding carboxylic acids is 1. The molecule has 0 aromatic heterocycles. The van der Waals surface area contributed by atoms with Crippen LogP contribution in [0.4, 0.5) is 0 Å². The van der Waals surface area contributed by atoms with Gasteiger partial charge in [0.1, 0.15) is 0 Å². The van der Waals surface area contributed by atoms with Crippen LogP contribution in [0.5, 0.6) is 0 Å². The Hall–Kier alpha value is -0.830. The predicted octanol–water partition coefficient (Wildman–Crippen LogP) is 0.0595. The number of carbonyl (C=O) groups is 1. The van der Waals surface area contributed by atoms with Crippen molar-refractivity contribution in [2.75, 3.05) is 6.54 Å². The first-order valence-corrected chi connectivity index (χ1v) is 3.22. The zero-order valence-corrected chi connectivity index (χ0v) is 6.29. The van der Waals surface area contributed by atoms with Gasteiger partial charge < -0.3 is 10.4 Å². The summed E-state index contributed by atoms with van der Waals surface area (Å²) in [6.07, 6.45) is 2.80. The first-order valence-electron chi connectivity index (χ1n) is 3.22. The van der Waals surface area contributed by atoms with E-state index in [2.05, 4.69) is 5.32 Å². The van der Waals surface area contributed by atoms with Gasteiger partial charge in [0.25, 0.3) is 0 Å². The number of rotatable bonds is 3. The molecule has 0 saturated carbocycles. The van der Waals surface area contributed by atoms with Crippen molar-refractivity contribution in [2.45, 2.75) is 20.0 Å². The number of nitrogens with one attached hydrogen (secondary N) is 1. The van der Waals surface area contributed by atoms with Crippen molar-refractivity contribution >= 4 is 5.91 Å². The third-order valence-corrected chi connectivity index (χ3v) is 0.975. The van der Waals surface area contributed by atoms with Gasteiger partial charge >= 0.3 is 0 Å². The molecule has 1 atom stereocenters. The summed E-state index contributed by atoms with van der Waals surface area (Å²) in [5.74, 6) is -0.122. The van der Waals surface area contributed by atoms with Crippen molar-refractivity contribution in [3.05, 3.63) is 12.2 Å². The van der Waals surface area contributed by atoms with Crippen LogP contribution >= 0.6 is 0 Å². The van der Waals surface area contributed by atoms with Gasteiger partial charge in [-0.25, -0.2) is 0 Å². The van der Waals surface area contributed by atoms with Crippen molar-refractivity contribution in [3.63, 3.8) is 0 Å². The molecule has 0 aliphatic carbocycles. The number of allylic oxidation sites excluding steroid dienone is 1. The van der Waals surface area contributed by atoms with Crippen LogP contribution in [0, 0.1) is 0 Å². The van der Waals surface area contributed by atoms with E-state index in [9.17, 15) is 4.79 Å². The lowest BCUT2D eigenvalue weighted by Gasteiger charge is -2.04. The van der Waals surface area contributed by atoms with Crippen LogP contribution in [0.2, 0.25) is 0 Å². The second-order valence-corrected chi connectivity index (χ2v) is 2.03. The molecule has 58 valence electrons. The molecule has 0 heterocycles. The summed E-state index contributed by atoms with van der Waals surface area (Å²) in [5, 5.41) is 11.5. The average Bonchev–Trinajstić information content (AvgIpc) is 1.85. The lowest BCUT2D eigenvalue weighted by molar-refractivity contribution is -0.119. The van der Waals surface area contributed by atoms with Gasteiger partial charge in [-0.1, -0.05) is 12.2 Å². The summed E-state index contributed by atoms with van der Waals surface area (Å²) in [6.45, 7) is 3.53. The Kier molecular flexibility index (Phi) is 4.58. The van der Waals surface area contributed by atoms with Crippen LogP contribution in [0.3, 0.4) is 0 Å². The summed E-state index contributed by atoms with van der Waals surface area (Å²) in [5.41, 5.74) is 0. The highest BCUT2D eigenvalue weighted by Gasteiger charge is 1.97. The Morgan fingerprint density at radius 1 is 1.80 bits per heavy atom. The van der Waals surface area contributed by atoms with Gasteiger partial charge in [-0.2, -0.15) is 0 Å². The smallest absolute Gasteiger partial charge is 0.216 e. The quantitative estimate of drug-likeness (QED) is 0.549. The fraction of sp³-hybridized carbons (Fsp3) is 0.571. The third kappa shape index (κ3) is 5.31. The molecule has 10 heavy (non-hydrogen) atoms. The minimum atomic E-state index is -0.561. The minimum Gasteiger partial charge on any atom is -0.387 e. The van der Waals surface area contributed by atoms with Gasteiger partial charge in [0.05, 0.1) is 6.10 Å². The first-order chi connectivity index (χ1) is 4.66. The van der Waals surface area contributed by atoms with Crippen LogP contribution in [0.25, 0.3) is 0 Å². The van der Waals surface area contributed by atoms with E-state index in [0.717, 1.165) is 0 Å². The fourth-order valence-electron chi connectivity index (χ4n) is 0.538. The highest BCUT2D eigenvalue weighted by atomic mass is 16.3. The lowest BCUT2D eigenvalue weighted by atomic mass is 10.3. The number of hydrogen-bond acceptors (Lipinski definition) is 2. The summed E-state index contributed by atoms with van der Waals surface area (Å²) >= 11 is 0. The molecule has 0 aromatic rings. The lowest BCUT2D eigenvalue weighted by Crippen LogP contribution is -2.28. The topological polar surface area (TPSA) is 49.3 Å². The van der Waals surface area contributed by atoms with E-state index >= 15 is 0 Å². The molecule has 0 spiro atoms. The minimum absolute atomic E-state index is 0.122. The molecule has 2 N–H and O–H groups in total. The van der Waals surface area contributed by atoms with Crippen LogP contribution in [-0.4, -0.2) is 23.7 Å². The van der Waals surface area contributed by atoms with Crippen LogP contribution in [0.15, 0.2) is 12.2 Å². The maximum atomic E-state index is 10.3. The molecular formula is C7H13NO2. The van der Waals surface area contributed by atoms with Crippen LogP contribution < -0.4 is 5.32 Å². The van der Waals surface area contributed by atoms with Gasteiger partial charge in [0.15, 0.2) is 0 Å².